The maximum absolute atomic E-state index is 12.7. The molecule has 1 aromatic carbocycles. The Morgan fingerprint density at radius 3 is 2.40 bits per heavy atom. The fourth-order valence-corrected chi connectivity index (χ4v) is 2.75. The molecular weight excluding hydrogens is 359 g/mol. The first-order valence-corrected chi connectivity index (χ1v) is 7.70. The average Bonchev–Trinajstić information content (AvgIpc) is 2.53. The minimum atomic E-state index is -4.47. The normalized spacial score (nSPS) is 20.3. The van der Waals surface area contributed by atoms with Gasteiger partial charge in [-0.2, -0.15) is 13.2 Å². The predicted molar refractivity (Wildman–Crippen MR) is 90.5 cm³/mol. The number of benzene rings is 1. The Morgan fingerprint density at radius 1 is 1.20 bits per heavy atom. The molecule has 0 spiro atoms. The van der Waals surface area contributed by atoms with Crippen molar-refractivity contribution in [2.24, 2.45) is 28.3 Å². The fraction of sp³-hybridized carbons (Fsp3) is 0.500. The second-order valence-corrected chi connectivity index (χ2v) is 5.93. The summed E-state index contributed by atoms with van der Waals surface area (Å²) in [6, 6.07) is 4.34. The summed E-state index contributed by atoms with van der Waals surface area (Å²) in [4.78, 5) is 16.1. The summed E-state index contributed by atoms with van der Waals surface area (Å²) in [6.45, 7) is 0.526. The predicted octanol–water partition coefficient (Wildman–Crippen LogP) is 3.11. The van der Waals surface area contributed by atoms with Gasteiger partial charge in [0.15, 0.2) is 5.96 Å². The van der Waals surface area contributed by atoms with Crippen molar-refractivity contribution in [1.29, 1.82) is 0 Å². The Labute approximate surface area is 150 Å². The SMILES string of the molecule is Cl.NC(N)=NCC1CCC(C(=O)Oc2cccc(C(F)(F)F)c2)CC1. The van der Waals surface area contributed by atoms with Crippen LogP contribution in [-0.2, 0) is 11.0 Å². The highest BCUT2D eigenvalue weighted by molar-refractivity contribution is 5.85. The van der Waals surface area contributed by atoms with E-state index in [0.29, 0.717) is 25.3 Å². The topological polar surface area (TPSA) is 90.7 Å². The Hall–Kier alpha value is -1.96. The third-order valence-corrected chi connectivity index (χ3v) is 4.09. The molecule has 25 heavy (non-hydrogen) atoms. The molecule has 5 nitrogen and oxygen atoms in total. The van der Waals surface area contributed by atoms with Crippen molar-refractivity contribution < 1.29 is 22.7 Å². The van der Waals surface area contributed by atoms with E-state index in [9.17, 15) is 18.0 Å². The number of hydrogen-bond acceptors (Lipinski definition) is 3. The van der Waals surface area contributed by atoms with Crippen LogP contribution in [0.5, 0.6) is 5.75 Å². The summed E-state index contributed by atoms with van der Waals surface area (Å²) in [6.07, 6.45) is -1.69. The molecule has 0 unspecified atom stereocenters. The maximum Gasteiger partial charge on any atom is 0.416 e. The molecule has 4 N–H and O–H groups in total. The molecule has 1 saturated carbocycles. The van der Waals surface area contributed by atoms with Crippen molar-refractivity contribution in [2.45, 2.75) is 31.9 Å². The van der Waals surface area contributed by atoms with Crippen LogP contribution in [0, 0.1) is 11.8 Å². The lowest BCUT2D eigenvalue weighted by Gasteiger charge is -2.26. The molecule has 0 saturated heterocycles. The number of hydrogen-bond donors (Lipinski definition) is 2. The van der Waals surface area contributed by atoms with E-state index >= 15 is 0 Å². The fourth-order valence-electron chi connectivity index (χ4n) is 2.75. The van der Waals surface area contributed by atoms with E-state index < -0.39 is 17.7 Å². The van der Waals surface area contributed by atoms with E-state index in [0.717, 1.165) is 25.0 Å². The number of nitrogens with zero attached hydrogens (tertiary/aromatic N) is 1. The van der Waals surface area contributed by atoms with Crippen LogP contribution in [0.3, 0.4) is 0 Å². The van der Waals surface area contributed by atoms with Gasteiger partial charge in [0, 0.05) is 6.54 Å². The first-order chi connectivity index (χ1) is 11.3. The molecule has 140 valence electrons. The Morgan fingerprint density at radius 2 is 1.84 bits per heavy atom. The maximum atomic E-state index is 12.7. The van der Waals surface area contributed by atoms with Crippen molar-refractivity contribution in [3.63, 3.8) is 0 Å². The number of halogens is 4. The van der Waals surface area contributed by atoms with Crippen LogP contribution in [0.4, 0.5) is 13.2 Å². The molecule has 1 aliphatic carbocycles. The van der Waals surface area contributed by atoms with Crippen LogP contribution in [0.15, 0.2) is 29.3 Å². The number of aliphatic imine (C=N–C) groups is 1. The van der Waals surface area contributed by atoms with Gasteiger partial charge >= 0.3 is 12.1 Å². The largest absolute Gasteiger partial charge is 0.426 e. The molecule has 1 aromatic rings. The van der Waals surface area contributed by atoms with Gasteiger partial charge in [-0.3, -0.25) is 9.79 Å². The zero-order valence-corrected chi connectivity index (χ0v) is 14.3. The molecule has 1 aliphatic rings. The summed E-state index contributed by atoms with van der Waals surface area (Å²) in [5.74, 6) is -0.534. The quantitative estimate of drug-likeness (QED) is 0.364. The summed E-state index contributed by atoms with van der Waals surface area (Å²) in [5.41, 5.74) is 9.74. The molecule has 9 heteroatoms. The van der Waals surface area contributed by atoms with Crippen molar-refractivity contribution >= 4 is 24.3 Å². The van der Waals surface area contributed by atoms with E-state index in [1.807, 2.05) is 0 Å². The average molecular weight is 380 g/mol. The number of alkyl halides is 3. The van der Waals surface area contributed by atoms with Crippen LogP contribution < -0.4 is 16.2 Å². The highest BCUT2D eigenvalue weighted by Crippen LogP contribution is 2.33. The van der Waals surface area contributed by atoms with Gasteiger partial charge in [-0.15, -0.1) is 12.4 Å². The first-order valence-electron chi connectivity index (χ1n) is 7.70. The molecule has 0 aliphatic heterocycles. The molecule has 0 heterocycles. The summed E-state index contributed by atoms with van der Waals surface area (Å²) < 4.78 is 43.1. The molecule has 2 rings (SSSR count). The van der Waals surface area contributed by atoms with Crippen LogP contribution >= 0.6 is 12.4 Å². The van der Waals surface area contributed by atoms with Gasteiger partial charge in [-0.05, 0) is 49.8 Å². The molecule has 1 fully saturated rings. The lowest BCUT2D eigenvalue weighted by Crippen LogP contribution is -2.28. The standard InChI is InChI=1S/C16H20F3N3O2.ClH/c17-16(18,19)12-2-1-3-13(8-12)24-14(23)11-6-4-10(5-7-11)9-22-15(20)21;/h1-3,8,10-11H,4-7,9H2,(H4,20,21,22);1H. The second-order valence-electron chi connectivity index (χ2n) is 5.93. The highest BCUT2D eigenvalue weighted by atomic mass is 35.5. The smallest absolute Gasteiger partial charge is 0.416 e. The Balaban J connectivity index is 0.00000312. The number of rotatable bonds is 4. The second kappa shape index (κ2) is 8.94. The van der Waals surface area contributed by atoms with E-state index in [1.165, 1.54) is 12.1 Å². The minimum Gasteiger partial charge on any atom is -0.426 e. The summed E-state index contributed by atoms with van der Waals surface area (Å²) >= 11 is 0. The Kier molecular flexibility index (Phi) is 7.54. The summed E-state index contributed by atoms with van der Waals surface area (Å²) in [7, 11) is 0. The van der Waals surface area contributed by atoms with Crippen LogP contribution in [-0.4, -0.2) is 18.5 Å². The molecule has 0 aromatic heterocycles. The monoisotopic (exact) mass is 379 g/mol. The van der Waals surface area contributed by atoms with Crippen molar-refractivity contribution in [3.8, 4) is 5.75 Å². The van der Waals surface area contributed by atoms with Gasteiger partial charge < -0.3 is 16.2 Å². The number of esters is 1. The zero-order chi connectivity index (χ0) is 17.7. The van der Waals surface area contributed by atoms with Crippen molar-refractivity contribution in [1.82, 2.24) is 0 Å². The first kappa shape index (κ1) is 21.1. The number of carbonyl (C=O) groups is 1. The van der Waals surface area contributed by atoms with Gasteiger partial charge in [0.2, 0.25) is 0 Å². The number of guanidine groups is 1. The molecule has 0 atom stereocenters. The van der Waals surface area contributed by atoms with Gasteiger partial charge in [0.05, 0.1) is 11.5 Å². The van der Waals surface area contributed by atoms with Gasteiger partial charge in [-0.25, -0.2) is 0 Å². The minimum absolute atomic E-state index is 0. The zero-order valence-electron chi connectivity index (χ0n) is 13.5. The molecule has 0 radical (unpaired) electrons. The van der Waals surface area contributed by atoms with Crippen molar-refractivity contribution in [2.75, 3.05) is 6.54 Å². The van der Waals surface area contributed by atoms with Gasteiger partial charge in [0.1, 0.15) is 5.75 Å². The van der Waals surface area contributed by atoms with Crippen LogP contribution in [0.2, 0.25) is 0 Å². The van der Waals surface area contributed by atoms with Crippen LogP contribution in [0.1, 0.15) is 31.2 Å². The number of ether oxygens (including phenoxy) is 1. The van der Waals surface area contributed by atoms with E-state index in [2.05, 4.69) is 4.99 Å². The Bertz CT molecular complexity index is 611. The van der Waals surface area contributed by atoms with Crippen molar-refractivity contribution in [3.05, 3.63) is 29.8 Å². The lowest BCUT2D eigenvalue weighted by molar-refractivity contribution is -0.141. The lowest BCUT2D eigenvalue weighted by atomic mass is 9.82. The van der Waals surface area contributed by atoms with E-state index in [4.69, 9.17) is 16.2 Å². The molecular formula is C16H21ClF3N3O2. The van der Waals surface area contributed by atoms with E-state index in [-0.39, 0.29) is 30.0 Å². The van der Waals surface area contributed by atoms with Crippen LogP contribution in [0.25, 0.3) is 0 Å². The number of carbonyl (C=O) groups excluding carboxylic acids is 1. The third kappa shape index (κ3) is 6.45. The van der Waals surface area contributed by atoms with Gasteiger partial charge in [0.25, 0.3) is 0 Å². The molecule has 0 amide bonds. The number of nitrogens with two attached hydrogens (primary N) is 2. The molecule has 0 bridgehead atoms. The third-order valence-electron chi connectivity index (χ3n) is 4.09. The van der Waals surface area contributed by atoms with E-state index in [1.54, 1.807) is 0 Å². The van der Waals surface area contributed by atoms with Gasteiger partial charge in [-0.1, -0.05) is 6.07 Å². The highest BCUT2D eigenvalue weighted by Gasteiger charge is 2.31. The summed E-state index contributed by atoms with van der Waals surface area (Å²) in [5, 5.41) is 0.